The van der Waals surface area contributed by atoms with Crippen LogP contribution in [0.25, 0.3) is 0 Å². The fourth-order valence-electron chi connectivity index (χ4n) is 1.12. The Bertz CT molecular complexity index is 288. The fourth-order valence-corrected chi connectivity index (χ4v) is 1.33. The van der Waals surface area contributed by atoms with Gasteiger partial charge in [0, 0.05) is 6.04 Å². The summed E-state index contributed by atoms with van der Waals surface area (Å²) in [5, 5.41) is 9.56. The highest BCUT2D eigenvalue weighted by Gasteiger charge is 2.03. The molecule has 0 saturated heterocycles. The summed E-state index contributed by atoms with van der Waals surface area (Å²) in [5.74, 6) is 0.121. The second-order valence-electron chi connectivity index (χ2n) is 3.16. The van der Waals surface area contributed by atoms with Crippen LogP contribution in [0, 0.1) is 0 Å². The predicted molar refractivity (Wildman–Crippen MR) is 55.1 cm³/mol. The Morgan fingerprint density at radius 2 is 2.23 bits per heavy atom. The first-order valence-electron chi connectivity index (χ1n) is 4.36. The minimum atomic E-state index is 0.121. The molecule has 0 bridgehead atoms. The van der Waals surface area contributed by atoms with E-state index in [0.29, 0.717) is 5.02 Å². The van der Waals surface area contributed by atoms with Crippen molar-refractivity contribution in [2.24, 2.45) is 5.73 Å². The molecule has 0 aliphatic heterocycles. The minimum absolute atomic E-state index is 0.121. The van der Waals surface area contributed by atoms with E-state index in [1.165, 1.54) is 0 Å². The zero-order valence-corrected chi connectivity index (χ0v) is 8.38. The number of rotatable bonds is 3. The zero-order chi connectivity index (χ0) is 9.84. The van der Waals surface area contributed by atoms with Gasteiger partial charge in [0.15, 0.2) is 0 Å². The molecule has 2 nitrogen and oxygen atoms in total. The molecular formula is C10H14ClNO. The maximum atomic E-state index is 9.17. The van der Waals surface area contributed by atoms with Crippen LogP contribution in [-0.4, -0.2) is 11.1 Å². The van der Waals surface area contributed by atoms with E-state index in [-0.39, 0.29) is 11.8 Å². The van der Waals surface area contributed by atoms with E-state index in [2.05, 4.69) is 0 Å². The van der Waals surface area contributed by atoms with E-state index in [1.54, 1.807) is 12.1 Å². The van der Waals surface area contributed by atoms with E-state index in [1.807, 2.05) is 13.0 Å². The largest absolute Gasteiger partial charge is 0.506 e. The number of benzene rings is 1. The van der Waals surface area contributed by atoms with E-state index < -0.39 is 0 Å². The van der Waals surface area contributed by atoms with Gasteiger partial charge in [-0.05, 0) is 30.5 Å². The van der Waals surface area contributed by atoms with Crippen molar-refractivity contribution in [2.45, 2.75) is 25.8 Å². The van der Waals surface area contributed by atoms with Crippen molar-refractivity contribution in [1.29, 1.82) is 0 Å². The maximum Gasteiger partial charge on any atom is 0.134 e. The Labute approximate surface area is 83.3 Å². The van der Waals surface area contributed by atoms with E-state index in [4.69, 9.17) is 17.3 Å². The molecule has 0 aromatic heterocycles. The van der Waals surface area contributed by atoms with Gasteiger partial charge in [-0.1, -0.05) is 24.6 Å². The lowest BCUT2D eigenvalue weighted by Gasteiger charge is -2.08. The molecule has 3 N–H and O–H groups in total. The Kier molecular flexibility index (Phi) is 3.58. The number of phenols is 1. The molecule has 1 unspecified atom stereocenters. The molecule has 72 valence electrons. The van der Waals surface area contributed by atoms with Gasteiger partial charge in [-0.25, -0.2) is 0 Å². The second-order valence-corrected chi connectivity index (χ2v) is 3.57. The van der Waals surface area contributed by atoms with Crippen LogP contribution < -0.4 is 5.73 Å². The molecule has 1 aromatic rings. The normalized spacial score (nSPS) is 12.8. The van der Waals surface area contributed by atoms with E-state index in [0.717, 1.165) is 18.4 Å². The molecule has 0 heterocycles. The van der Waals surface area contributed by atoms with Crippen molar-refractivity contribution in [3.63, 3.8) is 0 Å². The lowest BCUT2D eigenvalue weighted by atomic mass is 10.0. The Morgan fingerprint density at radius 3 is 2.77 bits per heavy atom. The Hall–Kier alpha value is -0.730. The van der Waals surface area contributed by atoms with Gasteiger partial charge in [-0.2, -0.15) is 0 Å². The summed E-state index contributed by atoms with van der Waals surface area (Å²) in [4.78, 5) is 0. The highest BCUT2D eigenvalue weighted by atomic mass is 35.5. The van der Waals surface area contributed by atoms with Crippen molar-refractivity contribution < 1.29 is 5.11 Å². The summed E-state index contributed by atoms with van der Waals surface area (Å²) in [7, 11) is 0. The molecule has 3 heteroatoms. The highest BCUT2D eigenvalue weighted by Crippen LogP contribution is 2.24. The summed E-state index contributed by atoms with van der Waals surface area (Å²) >= 11 is 5.75. The summed E-state index contributed by atoms with van der Waals surface area (Å²) in [6, 6.07) is 5.36. The average molecular weight is 200 g/mol. The second kappa shape index (κ2) is 4.49. The van der Waals surface area contributed by atoms with Gasteiger partial charge < -0.3 is 10.8 Å². The molecule has 1 atom stereocenters. The lowest BCUT2D eigenvalue weighted by molar-refractivity contribution is 0.475. The summed E-state index contributed by atoms with van der Waals surface area (Å²) < 4.78 is 0. The standard InChI is InChI=1S/C10H14ClNO/c1-2-8(12)5-7-3-4-10(13)9(11)6-7/h3-4,6,8,13H,2,5,12H2,1H3. The predicted octanol–water partition coefficient (Wildman–Crippen LogP) is 2.33. The van der Waals surface area contributed by atoms with Gasteiger partial charge in [0.25, 0.3) is 0 Å². The van der Waals surface area contributed by atoms with Crippen molar-refractivity contribution in [2.75, 3.05) is 0 Å². The van der Waals surface area contributed by atoms with Gasteiger partial charge in [0.2, 0.25) is 0 Å². The molecule has 0 fully saturated rings. The van der Waals surface area contributed by atoms with Crippen LogP contribution in [-0.2, 0) is 6.42 Å². The van der Waals surface area contributed by atoms with Crippen LogP contribution in [0.2, 0.25) is 5.02 Å². The fraction of sp³-hybridized carbons (Fsp3) is 0.400. The van der Waals surface area contributed by atoms with Crippen molar-refractivity contribution >= 4 is 11.6 Å². The molecule has 0 radical (unpaired) electrons. The SMILES string of the molecule is CCC(N)Cc1ccc(O)c(Cl)c1. The summed E-state index contributed by atoms with van der Waals surface area (Å²) in [6.07, 6.45) is 1.75. The average Bonchev–Trinajstić information content (AvgIpc) is 2.11. The van der Waals surface area contributed by atoms with Gasteiger partial charge in [0.1, 0.15) is 5.75 Å². The van der Waals surface area contributed by atoms with Crippen molar-refractivity contribution in [1.82, 2.24) is 0 Å². The zero-order valence-electron chi connectivity index (χ0n) is 7.63. The Balaban J connectivity index is 2.73. The van der Waals surface area contributed by atoms with Crippen LogP contribution in [0.4, 0.5) is 0 Å². The van der Waals surface area contributed by atoms with E-state index >= 15 is 0 Å². The van der Waals surface area contributed by atoms with Crippen LogP contribution >= 0.6 is 11.6 Å². The molecule has 0 spiro atoms. The van der Waals surface area contributed by atoms with Crippen LogP contribution in [0.5, 0.6) is 5.75 Å². The summed E-state index contributed by atoms with van der Waals surface area (Å²) in [6.45, 7) is 2.05. The monoisotopic (exact) mass is 199 g/mol. The van der Waals surface area contributed by atoms with Crippen LogP contribution in [0.1, 0.15) is 18.9 Å². The van der Waals surface area contributed by atoms with Gasteiger partial charge >= 0.3 is 0 Å². The van der Waals surface area contributed by atoms with E-state index in [9.17, 15) is 5.11 Å². The van der Waals surface area contributed by atoms with Gasteiger partial charge in [0.05, 0.1) is 5.02 Å². The molecule has 0 saturated carbocycles. The first-order valence-corrected chi connectivity index (χ1v) is 4.74. The van der Waals surface area contributed by atoms with Crippen molar-refractivity contribution in [3.8, 4) is 5.75 Å². The maximum absolute atomic E-state index is 9.17. The Morgan fingerprint density at radius 1 is 1.54 bits per heavy atom. The summed E-state index contributed by atoms with van der Waals surface area (Å²) in [5.41, 5.74) is 6.85. The number of hydrogen-bond acceptors (Lipinski definition) is 2. The highest BCUT2D eigenvalue weighted by molar-refractivity contribution is 6.32. The first kappa shape index (κ1) is 10.4. The number of halogens is 1. The van der Waals surface area contributed by atoms with Gasteiger partial charge in [-0.15, -0.1) is 0 Å². The molecule has 13 heavy (non-hydrogen) atoms. The smallest absolute Gasteiger partial charge is 0.134 e. The first-order chi connectivity index (χ1) is 6.13. The molecule has 1 rings (SSSR count). The number of nitrogens with two attached hydrogens (primary N) is 1. The topological polar surface area (TPSA) is 46.2 Å². The third-order valence-electron chi connectivity index (χ3n) is 2.03. The third-order valence-corrected chi connectivity index (χ3v) is 2.34. The quantitative estimate of drug-likeness (QED) is 0.785. The van der Waals surface area contributed by atoms with Crippen molar-refractivity contribution in [3.05, 3.63) is 28.8 Å². The molecule has 0 amide bonds. The lowest BCUT2D eigenvalue weighted by Crippen LogP contribution is -2.21. The minimum Gasteiger partial charge on any atom is -0.506 e. The molecular weight excluding hydrogens is 186 g/mol. The van der Waals surface area contributed by atoms with Crippen LogP contribution in [0.15, 0.2) is 18.2 Å². The molecule has 1 aromatic carbocycles. The number of hydrogen-bond donors (Lipinski definition) is 2. The van der Waals surface area contributed by atoms with Gasteiger partial charge in [-0.3, -0.25) is 0 Å². The number of aromatic hydroxyl groups is 1. The molecule has 0 aliphatic carbocycles. The third kappa shape index (κ3) is 2.90. The van der Waals surface area contributed by atoms with Crippen LogP contribution in [0.3, 0.4) is 0 Å². The number of phenolic OH excluding ortho intramolecular Hbond substituents is 1. The molecule has 0 aliphatic rings.